The fraction of sp³-hybridized carbons (Fsp3) is 0.143. The number of benzene rings is 1. The van der Waals surface area contributed by atoms with E-state index in [1.807, 2.05) is 0 Å². The van der Waals surface area contributed by atoms with Crippen molar-refractivity contribution in [1.29, 1.82) is 0 Å². The van der Waals surface area contributed by atoms with Gasteiger partial charge in [0.15, 0.2) is 0 Å². The lowest BCUT2D eigenvalue weighted by molar-refractivity contribution is 0.102. The predicted octanol–water partition coefficient (Wildman–Crippen LogP) is 1.83. The van der Waals surface area contributed by atoms with E-state index in [9.17, 15) is 4.79 Å². The van der Waals surface area contributed by atoms with Crippen molar-refractivity contribution in [3.8, 4) is 5.75 Å². The first-order valence-electron chi connectivity index (χ1n) is 5.73. The molecule has 2 rings (SSSR count). The first-order chi connectivity index (χ1) is 9.24. The second-order valence-electron chi connectivity index (χ2n) is 3.89. The monoisotopic (exact) mass is 258 g/mol. The van der Waals surface area contributed by atoms with E-state index in [1.54, 1.807) is 30.3 Å². The molecule has 0 unspecified atom stereocenters. The SMILES string of the molecule is COc1cnccc1C(=O)Nc1cccc(CO)c1. The molecule has 1 aromatic heterocycles. The van der Waals surface area contributed by atoms with Crippen molar-refractivity contribution in [3.63, 3.8) is 0 Å². The summed E-state index contributed by atoms with van der Waals surface area (Å²) in [5.41, 5.74) is 1.77. The zero-order chi connectivity index (χ0) is 13.7. The number of nitrogens with one attached hydrogen (secondary N) is 1. The maximum atomic E-state index is 12.1. The van der Waals surface area contributed by atoms with E-state index in [4.69, 9.17) is 9.84 Å². The van der Waals surface area contributed by atoms with Crippen LogP contribution in [0, 0.1) is 0 Å². The van der Waals surface area contributed by atoms with Gasteiger partial charge < -0.3 is 15.2 Å². The second kappa shape index (κ2) is 5.97. The third-order valence-electron chi connectivity index (χ3n) is 2.62. The van der Waals surface area contributed by atoms with Gasteiger partial charge in [0.05, 0.1) is 25.5 Å². The standard InChI is InChI=1S/C14H14N2O3/c1-19-13-8-15-6-5-12(13)14(18)16-11-4-2-3-10(7-11)9-17/h2-8,17H,9H2,1H3,(H,16,18). The first kappa shape index (κ1) is 13.0. The van der Waals surface area contributed by atoms with Crippen LogP contribution < -0.4 is 10.1 Å². The number of aliphatic hydroxyl groups excluding tert-OH is 1. The van der Waals surface area contributed by atoms with Crippen molar-refractivity contribution in [3.05, 3.63) is 53.9 Å². The number of nitrogens with zero attached hydrogens (tertiary/aromatic N) is 1. The molecule has 1 amide bonds. The van der Waals surface area contributed by atoms with Crippen molar-refractivity contribution < 1.29 is 14.6 Å². The Kier molecular flexibility index (Phi) is 4.10. The minimum atomic E-state index is -0.283. The number of rotatable bonds is 4. The number of carbonyl (C=O) groups is 1. The molecule has 1 heterocycles. The molecule has 98 valence electrons. The Morgan fingerprint density at radius 2 is 2.26 bits per heavy atom. The maximum absolute atomic E-state index is 12.1. The van der Waals surface area contributed by atoms with E-state index in [-0.39, 0.29) is 12.5 Å². The zero-order valence-corrected chi connectivity index (χ0v) is 10.5. The van der Waals surface area contributed by atoms with Crippen LogP contribution in [-0.2, 0) is 6.61 Å². The van der Waals surface area contributed by atoms with Crippen molar-refractivity contribution in [2.75, 3.05) is 12.4 Å². The third kappa shape index (κ3) is 3.08. The van der Waals surface area contributed by atoms with Crippen molar-refractivity contribution in [2.45, 2.75) is 6.61 Å². The number of anilines is 1. The van der Waals surface area contributed by atoms with Crippen molar-refractivity contribution in [2.24, 2.45) is 0 Å². The van der Waals surface area contributed by atoms with Crippen molar-refractivity contribution >= 4 is 11.6 Å². The highest BCUT2D eigenvalue weighted by Crippen LogP contribution is 2.18. The average Bonchev–Trinajstić information content (AvgIpc) is 2.47. The number of hydrogen-bond donors (Lipinski definition) is 2. The van der Waals surface area contributed by atoms with E-state index in [2.05, 4.69) is 10.3 Å². The predicted molar refractivity (Wildman–Crippen MR) is 71.1 cm³/mol. The Hall–Kier alpha value is -2.40. The van der Waals surface area contributed by atoms with Crippen LogP contribution in [0.5, 0.6) is 5.75 Å². The molecule has 5 heteroatoms. The fourth-order valence-electron chi connectivity index (χ4n) is 1.68. The first-order valence-corrected chi connectivity index (χ1v) is 5.73. The van der Waals surface area contributed by atoms with Gasteiger partial charge in [-0.1, -0.05) is 12.1 Å². The van der Waals surface area contributed by atoms with E-state index in [0.717, 1.165) is 5.56 Å². The van der Waals surface area contributed by atoms with Crippen LogP contribution in [0.1, 0.15) is 15.9 Å². The molecule has 0 aliphatic heterocycles. The topological polar surface area (TPSA) is 71.5 Å². The van der Waals surface area contributed by atoms with E-state index in [0.29, 0.717) is 17.0 Å². The van der Waals surface area contributed by atoms with Gasteiger partial charge in [-0.3, -0.25) is 9.78 Å². The highest BCUT2D eigenvalue weighted by atomic mass is 16.5. The van der Waals surface area contributed by atoms with Crippen LogP contribution in [0.3, 0.4) is 0 Å². The fourth-order valence-corrected chi connectivity index (χ4v) is 1.68. The van der Waals surface area contributed by atoms with E-state index < -0.39 is 0 Å². The van der Waals surface area contributed by atoms with Gasteiger partial charge in [-0.25, -0.2) is 0 Å². The third-order valence-corrected chi connectivity index (χ3v) is 2.62. The Morgan fingerprint density at radius 1 is 1.42 bits per heavy atom. The number of hydrogen-bond acceptors (Lipinski definition) is 4. The molecule has 1 aromatic carbocycles. The molecule has 0 aliphatic carbocycles. The molecule has 0 spiro atoms. The van der Waals surface area contributed by atoms with Gasteiger partial charge >= 0.3 is 0 Å². The molecule has 0 saturated carbocycles. The molecule has 0 aliphatic rings. The van der Waals surface area contributed by atoms with Gasteiger partial charge in [-0.15, -0.1) is 0 Å². The molecular weight excluding hydrogens is 244 g/mol. The lowest BCUT2D eigenvalue weighted by Gasteiger charge is -2.09. The average molecular weight is 258 g/mol. The Balaban J connectivity index is 2.20. The number of aromatic nitrogens is 1. The highest BCUT2D eigenvalue weighted by molar-refractivity contribution is 6.06. The number of aliphatic hydroxyl groups is 1. The largest absolute Gasteiger partial charge is 0.494 e. The number of ether oxygens (including phenoxy) is 1. The second-order valence-corrected chi connectivity index (χ2v) is 3.89. The smallest absolute Gasteiger partial charge is 0.259 e. The summed E-state index contributed by atoms with van der Waals surface area (Å²) in [6.07, 6.45) is 3.01. The summed E-state index contributed by atoms with van der Waals surface area (Å²) in [5.74, 6) is 0.132. The van der Waals surface area contributed by atoms with Gasteiger partial charge in [0.1, 0.15) is 5.75 Å². The molecule has 0 atom stereocenters. The number of carbonyl (C=O) groups excluding carboxylic acids is 1. The van der Waals surface area contributed by atoms with Crippen LogP contribution in [-0.4, -0.2) is 23.1 Å². The van der Waals surface area contributed by atoms with Gasteiger partial charge in [0.2, 0.25) is 0 Å². The normalized spacial score (nSPS) is 10.0. The number of amides is 1. The summed E-state index contributed by atoms with van der Waals surface area (Å²) >= 11 is 0. The van der Waals surface area contributed by atoms with E-state index >= 15 is 0 Å². The molecule has 0 saturated heterocycles. The summed E-state index contributed by atoms with van der Waals surface area (Å²) in [4.78, 5) is 16.0. The molecule has 0 radical (unpaired) electrons. The van der Waals surface area contributed by atoms with Crippen LogP contribution in [0.15, 0.2) is 42.7 Å². The maximum Gasteiger partial charge on any atom is 0.259 e. The summed E-state index contributed by atoms with van der Waals surface area (Å²) in [6.45, 7) is -0.0672. The molecule has 2 aromatic rings. The van der Waals surface area contributed by atoms with Gasteiger partial charge in [0, 0.05) is 11.9 Å². The molecule has 19 heavy (non-hydrogen) atoms. The van der Waals surface area contributed by atoms with Crippen LogP contribution in [0.2, 0.25) is 0 Å². The molecule has 0 bridgehead atoms. The zero-order valence-electron chi connectivity index (χ0n) is 10.5. The van der Waals surface area contributed by atoms with Crippen LogP contribution in [0.4, 0.5) is 5.69 Å². The molecular formula is C14H14N2O3. The summed E-state index contributed by atoms with van der Waals surface area (Å²) in [7, 11) is 1.49. The Bertz CT molecular complexity index is 584. The quantitative estimate of drug-likeness (QED) is 0.877. The van der Waals surface area contributed by atoms with Gasteiger partial charge in [0.25, 0.3) is 5.91 Å². The number of pyridine rings is 1. The van der Waals surface area contributed by atoms with Crippen molar-refractivity contribution in [1.82, 2.24) is 4.98 Å². The highest BCUT2D eigenvalue weighted by Gasteiger charge is 2.12. The Labute approximate surface area is 110 Å². The molecule has 0 fully saturated rings. The van der Waals surface area contributed by atoms with Gasteiger partial charge in [-0.05, 0) is 23.8 Å². The number of methoxy groups -OCH3 is 1. The van der Waals surface area contributed by atoms with Crippen LogP contribution in [0.25, 0.3) is 0 Å². The van der Waals surface area contributed by atoms with Gasteiger partial charge in [-0.2, -0.15) is 0 Å². The minimum absolute atomic E-state index is 0.0672. The minimum Gasteiger partial charge on any atom is -0.494 e. The molecule has 2 N–H and O–H groups in total. The lowest BCUT2D eigenvalue weighted by atomic mass is 10.2. The molecule has 5 nitrogen and oxygen atoms in total. The Morgan fingerprint density at radius 3 is 3.00 bits per heavy atom. The summed E-state index contributed by atoms with van der Waals surface area (Å²) in [6, 6.07) is 8.61. The van der Waals surface area contributed by atoms with Crippen LogP contribution >= 0.6 is 0 Å². The lowest BCUT2D eigenvalue weighted by Crippen LogP contribution is -2.13. The summed E-state index contributed by atoms with van der Waals surface area (Å²) < 4.78 is 5.09. The van der Waals surface area contributed by atoms with E-state index in [1.165, 1.54) is 19.5 Å². The summed E-state index contributed by atoms with van der Waals surface area (Å²) in [5, 5.41) is 11.8.